The van der Waals surface area contributed by atoms with Crippen LogP contribution in [0.25, 0.3) is 11.1 Å². The van der Waals surface area contributed by atoms with Gasteiger partial charge in [-0.2, -0.15) is 0 Å². The highest BCUT2D eigenvalue weighted by Gasteiger charge is 2.15. The largest absolute Gasteiger partial charge is 0.310 e. The first-order valence-electron chi connectivity index (χ1n) is 7.01. The van der Waals surface area contributed by atoms with Crippen LogP contribution in [0.1, 0.15) is 31.9 Å². The van der Waals surface area contributed by atoms with E-state index in [4.69, 9.17) is 0 Å². The first kappa shape index (κ1) is 15.6. The summed E-state index contributed by atoms with van der Waals surface area (Å²) in [6.45, 7) is 4.84. The minimum Gasteiger partial charge on any atom is -0.310 e. The molecule has 0 radical (unpaired) electrons. The Morgan fingerprint density at radius 2 is 1.76 bits per heavy atom. The topological polar surface area (TPSA) is 12.0 Å². The van der Waals surface area contributed by atoms with Gasteiger partial charge < -0.3 is 5.32 Å². The molecule has 1 nitrogen and oxygen atoms in total. The summed E-state index contributed by atoms with van der Waals surface area (Å²) in [5.41, 5.74) is 0.857. The lowest BCUT2D eigenvalue weighted by atomic mass is 9.99. The summed E-state index contributed by atoms with van der Waals surface area (Å²) in [6, 6.07) is 8.30. The van der Waals surface area contributed by atoms with Crippen LogP contribution in [-0.2, 0) is 0 Å². The van der Waals surface area contributed by atoms with E-state index in [1.165, 1.54) is 18.2 Å². The Morgan fingerprint density at radius 3 is 2.48 bits per heavy atom. The second-order valence-electron chi connectivity index (χ2n) is 5.02. The number of benzene rings is 2. The van der Waals surface area contributed by atoms with E-state index in [1.807, 2.05) is 6.92 Å². The van der Waals surface area contributed by atoms with E-state index in [9.17, 15) is 13.2 Å². The highest BCUT2D eigenvalue weighted by atomic mass is 19.2. The first-order valence-corrected chi connectivity index (χ1v) is 7.01. The molecule has 1 atom stereocenters. The van der Waals surface area contributed by atoms with Crippen molar-refractivity contribution in [2.45, 2.75) is 26.3 Å². The molecule has 112 valence electrons. The molecule has 1 N–H and O–H groups in total. The average molecular weight is 293 g/mol. The lowest BCUT2D eigenvalue weighted by Gasteiger charge is -2.15. The Morgan fingerprint density at radius 1 is 1.00 bits per heavy atom. The Bertz CT molecular complexity index is 625. The highest BCUT2D eigenvalue weighted by molar-refractivity contribution is 5.66. The molecule has 0 saturated carbocycles. The molecule has 0 aliphatic carbocycles. The van der Waals surface area contributed by atoms with Gasteiger partial charge in [0.1, 0.15) is 5.82 Å². The third-order valence-electron chi connectivity index (χ3n) is 3.43. The SMILES string of the molecule is CCCNC(C)c1ccc(F)c(-c2cccc(F)c2F)c1. The average Bonchev–Trinajstić information content (AvgIpc) is 2.48. The van der Waals surface area contributed by atoms with Gasteiger partial charge in [-0.1, -0.05) is 25.1 Å². The third-order valence-corrected chi connectivity index (χ3v) is 3.43. The summed E-state index contributed by atoms with van der Waals surface area (Å²) < 4.78 is 41.1. The van der Waals surface area contributed by atoms with Gasteiger partial charge in [0.25, 0.3) is 0 Å². The number of halogens is 3. The summed E-state index contributed by atoms with van der Waals surface area (Å²) in [7, 11) is 0. The third kappa shape index (κ3) is 3.45. The molecule has 0 aliphatic rings. The van der Waals surface area contributed by atoms with Crippen LogP contribution in [0.4, 0.5) is 13.2 Å². The monoisotopic (exact) mass is 293 g/mol. The Balaban J connectivity index is 2.42. The van der Waals surface area contributed by atoms with Crippen molar-refractivity contribution in [3.8, 4) is 11.1 Å². The van der Waals surface area contributed by atoms with E-state index in [2.05, 4.69) is 12.2 Å². The van der Waals surface area contributed by atoms with Gasteiger partial charge in [-0.3, -0.25) is 0 Å². The predicted octanol–water partition coefficient (Wildman–Crippen LogP) is 4.83. The van der Waals surface area contributed by atoms with Gasteiger partial charge in [0, 0.05) is 17.2 Å². The molecule has 0 aliphatic heterocycles. The van der Waals surface area contributed by atoms with Crippen LogP contribution in [-0.4, -0.2) is 6.54 Å². The number of hydrogen-bond donors (Lipinski definition) is 1. The van der Waals surface area contributed by atoms with Crippen molar-refractivity contribution in [2.75, 3.05) is 6.54 Å². The highest BCUT2D eigenvalue weighted by Crippen LogP contribution is 2.29. The zero-order valence-corrected chi connectivity index (χ0v) is 12.1. The molecule has 2 aromatic rings. The Labute approximate surface area is 122 Å². The van der Waals surface area contributed by atoms with E-state index in [-0.39, 0.29) is 17.2 Å². The van der Waals surface area contributed by atoms with Crippen molar-refractivity contribution in [3.63, 3.8) is 0 Å². The van der Waals surface area contributed by atoms with Crippen LogP contribution in [0.3, 0.4) is 0 Å². The fourth-order valence-electron chi connectivity index (χ4n) is 2.21. The Kier molecular flexibility index (Phi) is 5.02. The van der Waals surface area contributed by atoms with E-state index >= 15 is 0 Å². The minimum absolute atomic E-state index is 0.0147. The van der Waals surface area contributed by atoms with Crippen LogP contribution in [0.2, 0.25) is 0 Å². The number of hydrogen-bond acceptors (Lipinski definition) is 1. The van der Waals surface area contributed by atoms with Gasteiger partial charge in [0.05, 0.1) is 0 Å². The van der Waals surface area contributed by atoms with Crippen molar-refractivity contribution in [2.24, 2.45) is 0 Å². The lowest BCUT2D eigenvalue weighted by molar-refractivity contribution is 0.510. The van der Waals surface area contributed by atoms with Gasteiger partial charge in [0.15, 0.2) is 11.6 Å². The molecular formula is C17H18F3N. The Hall–Kier alpha value is -1.81. The molecule has 0 heterocycles. The standard InChI is InChI=1S/C17H18F3N/c1-3-9-21-11(2)12-7-8-15(18)14(10-12)13-5-4-6-16(19)17(13)20/h4-8,10-11,21H,3,9H2,1-2H3. The zero-order chi connectivity index (χ0) is 15.4. The summed E-state index contributed by atoms with van der Waals surface area (Å²) in [6.07, 6.45) is 0.983. The van der Waals surface area contributed by atoms with Crippen LogP contribution in [0.15, 0.2) is 36.4 Å². The smallest absolute Gasteiger partial charge is 0.166 e. The maximum Gasteiger partial charge on any atom is 0.166 e. The molecule has 0 fully saturated rings. The summed E-state index contributed by atoms with van der Waals surface area (Å²) in [4.78, 5) is 0. The van der Waals surface area contributed by atoms with Gasteiger partial charge in [-0.15, -0.1) is 0 Å². The van der Waals surface area contributed by atoms with Crippen LogP contribution < -0.4 is 5.32 Å². The molecule has 0 aromatic heterocycles. The van der Waals surface area contributed by atoms with Gasteiger partial charge in [-0.25, -0.2) is 13.2 Å². The maximum absolute atomic E-state index is 14.0. The van der Waals surface area contributed by atoms with Gasteiger partial charge in [-0.05, 0) is 43.7 Å². The second kappa shape index (κ2) is 6.76. The van der Waals surface area contributed by atoms with Gasteiger partial charge >= 0.3 is 0 Å². The molecule has 2 rings (SSSR count). The second-order valence-corrected chi connectivity index (χ2v) is 5.02. The van der Waals surface area contributed by atoms with Crippen molar-refractivity contribution < 1.29 is 13.2 Å². The van der Waals surface area contributed by atoms with E-state index in [1.54, 1.807) is 12.1 Å². The van der Waals surface area contributed by atoms with Crippen molar-refractivity contribution in [1.82, 2.24) is 5.32 Å². The molecule has 21 heavy (non-hydrogen) atoms. The summed E-state index contributed by atoms with van der Waals surface area (Å²) >= 11 is 0. The molecule has 2 aromatic carbocycles. The first-order chi connectivity index (χ1) is 10.0. The summed E-state index contributed by atoms with van der Waals surface area (Å²) in [5.74, 6) is -2.57. The quantitative estimate of drug-likeness (QED) is 0.832. The summed E-state index contributed by atoms with van der Waals surface area (Å²) in [5, 5.41) is 3.28. The molecular weight excluding hydrogens is 275 g/mol. The van der Waals surface area contributed by atoms with Crippen molar-refractivity contribution in [1.29, 1.82) is 0 Å². The lowest BCUT2D eigenvalue weighted by Crippen LogP contribution is -2.19. The molecule has 0 saturated heterocycles. The van der Waals surface area contributed by atoms with Crippen molar-refractivity contribution >= 4 is 0 Å². The predicted molar refractivity (Wildman–Crippen MR) is 78.5 cm³/mol. The van der Waals surface area contributed by atoms with Crippen LogP contribution in [0.5, 0.6) is 0 Å². The minimum atomic E-state index is -1.03. The number of rotatable bonds is 5. The van der Waals surface area contributed by atoms with E-state index in [0.717, 1.165) is 24.6 Å². The van der Waals surface area contributed by atoms with Crippen LogP contribution >= 0.6 is 0 Å². The maximum atomic E-state index is 14.0. The van der Waals surface area contributed by atoms with E-state index in [0.29, 0.717) is 0 Å². The molecule has 4 heteroatoms. The normalized spacial score (nSPS) is 12.4. The fourth-order valence-corrected chi connectivity index (χ4v) is 2.21. The van der Waals surface area contributed by atoms with Crippen LogP contribution in [0, 0.1) is 17.5 Å². The molecule has 1 unspecified atom stereocenters. The molecule has 0 spiro atoms. The van der Waals surface area contributed by atoms with Gasteiger partial charge in [0.2, 0.25) is 0 Å². The zero-order valence-electron chi connectivity index (χ0n) is 12.1. The molecule has 0 amide bonds. The number of nitrogens with one attached hydrogen (secondary N) is 1. The van der Waals surface area contributed by atoms with E-state index < -0.39 is 17.5 Å². The molecule has 0 bridgehead atoms. The van der Waals surface area contributed by atoms with Crippen molar-refractivity contribution in [3.05, 3.63) is 59.4 Å². The fraction of sp³-hybridized carbons (Fsp3) is 0.294.